The van der Waals surface area contributed by atoms with Crippen LogP contribution in [-0.2, 0) is 17.5 Å². The van der Waals surface area contributed by atoms with Crippen LogP contribution in [0.25, 0.3) is 0 Å². The van der Waals surface area contributed by atoms with Crippen molar-refractivity contribution in [3.8, 4) is 0 Å². The normalized spacial score (nSPS) is 16.8. The smallest absolute Gasteiger partial charge is 0.360 e. The van der Waals surface area contributed by atoms with Crippen molar-refractivity contribution in [2.45, 2.75) is 12.7 Å². The lowest BCUT2D eigenvalue weighted by atomic mass is 10.1. The van der Waals surface area contributed by atoms with E-state index >= 15 is 0 Å². The van der Waals surface area contributed by atoms with Gasteiger partial charge in [-0.25, -0.2) is 0 Å². The highest BCUT2D eigenvalue weighted by Gasteiger charge is 2.34. The minimum absolute atomic E-state index is 0.0571. The van der Waals surface area contributed by atoms with Crippen LogP contribution in [-0.4, -0.2) is 37.5 Å². The molecule has 2 N–H and O–H groups in total. The van der Waals surface area contributed by atoms with Gasteiger partial charge in [0, 0.05) is 32.4 Å². The molecule has 0 radical (unpaired) electrons. The molecule has 0 bridgehead atoms. The molecule has 7 heteroatoms. The lowest BCUT2D eigenvalue weighted by Crippen LogP contribution is -2.48. The Morgan fingerprint density at radius 3 is 2.55 bits per heavy atom. The van der Waals surface area contributed by atoms with Crippen LogP contribution in [0.3, 0.4) is 0 Å². The number of likely N-dealkylation sites (N-methyl/N-ethyl adjacent to an activating group) is 1. The summed E-state index contributed by atoms with van der Waals surface area (Å²) in [5.41, 5.74) is 5.07. The maximum Gasteiger partial charge on any atom is 0.416 e. The molecule has 1 fully saturated rings. The first kappa shape index (κ1) is 14.6. The maximum atomic E-state index is 13.0. The maximum absolute atomic E-state index is 13.0. The monoisotopic (exact) mass is 287 g/mol. The number of hydrogen-bond donors (Lipinski definition) is 1. The first-order valence-electron chi connectivity index (χ1n) is 6.22. The summed E-state index contributed by atoms with van der Waals surface area (Å²) in [6, 6.07) is 4.03. The Morgan fingerprint density at radius 1 is 1.30 bits per heavy atom. The molecule has 1 heterocycles. The number of amides is 1. The van der Waals surface area contributed by atoms with E-state index in [0.29, 0.717) is 18.8 Å². The van der Waals surface area contributed by atoms with Crippen molar-refractivity contribution >= 4 is 11.6 Å². The summed E-state index contributed by atoms with van der Waals surface area (Å²) in [4.78, 5) is 14.8. The Balaban J connectivity index is 2.32. The van der Waals surface area contributed by atoms with Crippen molar-refractivity contribution in [3.05, 3.63) is 29.3 Å². The van der Waals surface area contributed by atoms with Gasteiger partial charge in [0.2, 0.25) is 5.91 Å². The predicted molar refractivity (Wildman–Crippen MR) is 69.2 cm³/mol. The Morgan fingerprint density at radius 2 is 2.00 bits per heavy atom. The molecule has 1 aliphatic rings. The molecule has 2 rings (SSSR count). The minimum atomic E-state index is -4.44. The van der Waals surface area contributed by atoms with Gasteiger partial charge in [-0.1, -0.05) is 6.07 Å². The highest BCUT2D eigenvalue weighted by molar-refractivity contribution is 5.82. The fraction of sp³-hybridized carbons (Fsp3) is 0.462. The molecule has 20 heavy (non-hydrogen) atoms. The van der Waals surface area contributed by atoms with Crippen molar-refractivity contribution < 1.29 is 18.0 Å². The number of piperazine rings is 1. The fourth-order valence-electron chi connectivity index (χ4n) is 2.18. The molecule has 1 aromatic rings. The van der Waals surface area contributed by atoms with Crippen LogP contribution in [0.15, 0.2) is 18.2 Å². The molecule has 1 saturated heterocycles. The van der Waals surface area contributed by atoms with Crippen molar-refractivity contribution in [2.24, 2.45) is 5.73 Å². The quantitative estimate of drug-likeness (QED) is 0.895. The first-order valence-corrected chi connectivity index (χ1v) is 6.22. The molecule has 0 aliphatic carbocycles. The van der Waals surface area contributed by atoms with Gasteiger partial charge in [-0.15, -0.1) is 0 Å². The Labute approximate surface area is 114 Å². The van der Waals surface area contributed by atoms with Gasteiger partial charge in [-0.05, 0) is 17.7 Å². The van der Waals surface area contributed by atoms with E-state index in [1.807, 2.05) is 0 Å². The average Bonchev–Trinajstić information content (AvgIpc) is 2.40. The van der Waals surface area contributed by atoms with E-state index in [0.717, 1.165) is 6.07 Å². The minimum Gasteiger partial charge on any atom is -0.360 e. The second kappa shape index (κ2) is 5.32. The second-order valence-electron chi connectivity index (χ2n) is 4.78. The number of halogens is 3. The summed E-state index contributed by atoms with van der Waals surface area (Å²) in [6.45, 7) is 0.937. The van der Waals surface area contributed by atoms with E-state index in [-0.39, 0.29) is 24.6 Å². The third-order valence-electron chi connectivity index (χ3n) is 3.44. The number of carbonyl (C=O) groups excluding carboxylic acids is 1. The molecule has 0 aromatic heterocycles. The summed E-state index contributed by atoms with van der Waals surface area (Å²) in [5, 5.41) is 0. The molecule has 1 aliphatic heterocycles. The zero-order valence-corrected chi connectivity index (χ0v) is 11.1. The highest BCUT2D eigenvalue weighted by atomic mass is 19.4. The number of benzene rings is 1. The molecule has 110 valence electrons. The average molecular weight is 287 g/mol. The summed E-state index contributed by atoms with van der Waals surface area (Å²) in [5.74, 6) is -0.104. The van der Waals surface area contributed by atoms with Gasteiger partial charge in [-0.2, -0.15) is 13.2 Å². The van der Waals surface area contributed by atoms with E-state index in [1.54, 1.807) is 22.9 Å². The highest BCUT2D eigenvalue weighted by Crippen LogP contribution is 2.34. The molecule has 4 nitrogen and oxygen atoms in total. The molecular formula is C13H16F3N3O. The number of nitrogens with two attached hydrogens (primary N) is 1. The van der Waals surface area contributed by atoms with Gasteiger partial charge in [0.1, 0.15) is 0 Å². The van der Waals surface area contributed by atoms with E-state index in [1.165, 1.54) is 6.07 Å². The van der Waals surface area contributed by atoms with E-state index < -0.39 is 11.7 Å². The molecule has 1 amide bonds. The number of nitrogens with zero attached hydrogens (tertiary/aromatic N) is 2. The van der Waals surface area contributed by atoms with Crippen molar-refractivity contribution in [1.82, 2.24) is 4.90 Å². The third-order valence-corrected chi connectivity index (χ3v) is 3.44. The fourth-order valence-corrected chi connectivity index (χ4v) is 2.18. The van der Waals surface area contributed by atoms with Crippen LogP contribution in [0.2, 0.25) is 0 Å². The van der Waals surface area contributed by atoms with Crippen molar-refractivity contribution in [2.75, 3.05) is 31.6 Å². The van der Waals surface area contributed by atoms with Crippen LogP contribution in [0, 0.1) is 0 Å². The Bertz CT molecular complexity index is 516. The molecule has 0 unspecified atom stereocenters. The second-order valence-corrected chi connectivity index (χ2v) is 4.78. The topological polar surface area (TPSA) is 49.6 Å². The van der Waals surface area contributed by atoms with Crippen LogP contribution < -0.4 is 10.6 Å². The van der Waals surface area contributed by atoms with Crippen LogP contribution in [0.4, 0.5) is 18.9 Å². The van der Waals surface area contributed by atoms with E-state index in [2.05, 4.69) is 0 Å². The molecule has 0 atom stereocenters. The van der Waals surface area contributed by atoms with Crippen LogP contribution in [0.1, 0.15) is 11.1 Å². The number of anilines is 1. The number of alkyl halides is 3. The van der Waals surface area contributed by atoms with E-state index in [9.17, 15) is 18.0 Å². The molecule has 0 saturated carbocycles. The SMILES string of the molecule is CN1CCN(c2ccc(CN)c(C(F)(F)F)c2)CC1=O. The lowest BCUT2D eigenvalue weighted by molar-refractivity contribution is -0.138. The summed E-state index contributed by atoms with van der Waals surface area (Å²) >= 11 is 0. The van der Waals surface area contributed by atoms with Gasteiger partial charge < -0.3 is 15.5 Å². The third kappa shape index (κ3) is 2.87. The van der Waals surface area contributed by atoms with Crippen molar-refractivity contribution in [3.63, 3.8) is 0 Å². The Kier molecular flexibility index (Phi) is 3.89. The van der Waals surface area contributed by atoms with Gasteiger partial charge in [0.05, 0.1) is 12.1 Å². The van der Waals surface area contributed by atoms with Crippen LogP contribution >= 0.6 is 0 Å². The summed E-state index contributed by atoms with van der Waals surface area (Å²) in [6.07, 6.45) is -4.44. The summed E-state index contributed by atoms with van der Waals surface area (Å²) in [7, 11) is 1.68. The van der Waals surface area contributed by atoms with Gasteiger partial charge in [-0.3, -0.25) is 4.79 Å². The zero-order chi connectivity index (χ0) is 14.9. The van der Waals surface area contributed by atoms with Gasteiger partial charge in [0.15, 0.2) is 0 Å². The van der Waals surface area contributed by atoms with Gasteiger partial charge in [0.25, 0.3) is 0 Å². The standard InChI is InChI=1S/C13H16F3N3O/c1-18-4-5-19(8-12(18)20)10-3-2-9(7-17)11(6-10)13(14,15)16/h2-3,6H,4-5,7-8,17H2,1H3. The van der Waals surface area contributed by atoms with Crippen LogP contribution in [0.5, 0.6) is 0 Å². The zero-order valence-electron chi connectivity index (χ0n) is 11.1. The predicted octanol–water partition coefficient (Wildman–Crippen LogP) is 1.44. The number of carbonyl (C=O) groups is 1. The number of rotatable bonds is 2. The first-order chi connectivity index (χ1) is 9.32. The van der Waals surface area contributed by atoms with Gasteiger partial charge >= 0.3 is 6.18 Å². The molecule has 1 aromatic carbocycles. The lowest BCUT2D eigenvalue weighted by Gasteiger charge is -2.34. The number of hydrogen-bond acceptors (Lipinski definition) is 3. The largest absolute Gasteiger partial charge is 0.416 e. The van der Waals surface area contributed by atoms with Crippen molar-refractivity contribution in [1.29, 1.82) is 0 Å². The Hall–Kier alpha value is -1.76. The molecular weight excluding hydrogens is 271 g/mol. The summed E-state index contributed by atoms with van der Waals surface area (Å²) < 4.78 is 38.9. The molecule has 0 spiro atoms. The van der Waals surface area contributed by atoms with E-state index in [4.69, 9.17) is 5.73 Å².